The van der Waals surface area contributed by atoms with Crippen LogP contribution in [-0.2, 0) is 0 Å². The number of halogens is 2. The summed E-state index contributed by atoms with van der Waals surface area (Å²) in [4.78, 5) is 7.75. The number of nitriles is 1. The minimum atomic E-state index is 0.291. The van der Waals surface area contributed by atoms with Gasteiger partial charge in [0, 0.05) is 22.3 Å². The zero-order chi connectivity index (χ0) is 11.5. The van der Waals surface area contributed by atoms with Crippen molar-refractivity contribution < 1.29 is 0 Å². The molecule has 3 nitrogen and oxygen atoms in total. The summed E-state index contributed by atoms with van der Waals surface area (Å²) in [5.41, 5.74) is 1.59. The summed E-state index contributed by atoms with van der Waals surface area (Å²) in [6, 6.07) is 7.06. The first kappa shape index (κ1) is 10.9. The van der Waals surface area contributed by atoms with Gasteiger partial charge in [0.1, 0.15) is 12.4 Å². The fraction of sp³-hybridized carbons (Fsp3) is 0. The molecule has 0 aliphatic rings. The molecule has 78 valence electrons. The van der Waals surface area contributed by atoms with E-state index in [1.807, 2.05) is 6.07 Å². The highest BCUT2D eigenvalue weighted by molar-refractivity contribution is 6.36. The Balaban J connectivity index is 2.64. The summed E-state index contributed by atoms with van der Waals surface area (Å²) in [5, 5.41) is 9.93. The SMILES string of the molecule is N#Cc1ncncc1-c1ccc(Cl)cc1Cl. The first-order chi connectivity index (χ1) is 7.72. The lowest BCUT2D eigenvalue weighted by Gasteiger charge is -2.05. The van der Waals surface area contributed by atoms with E-state index in [9.17, 15) is 0 Å². The van der Waals surface area contributed by atoms with Crippen LogP contribution < -0.4 is 0 Å². The average molecular weight is 250 g/mol. The maximum Gasteiger partial charge on any atom is 0.151 e. The fourth-order valence-electron chi connectivity index (χ4n) is 1.32. The highest BCUT2D eigenvalue weighted by atomic mass is 35.5. The molecule has 16 heavy (non-hydrogen) atoms. The van der Waals surface area contributed by atoms with Gasteiger partial charge in [-0.3, -0.25) is 0 Å². The third-order valence-corrected chi connectivity index (χ3v) is 2.59. The Morgan fingerprint density at radius 2 is 2.00 bits per heavy atom. The zero-order valence-electron chi connectivity index (χ0n) is 7.98. The third-order valence-electron chi connectivity index (χ3n) is 2.04. The number of hydrogen-bond acceptors (Lipinski definition) is 3. The van der Waals surface area contributed by atoms with E-state index in [2.05, 4.69) is 9.97 Å². The van der Waals surface area contributed by atoms with Crippen molar-refractivity contribution in [2.24, 2.45) is 0 Å². The maximum absolute atomic E-state index is 8.92. The first-order valence-corrected chi connectivity index (χ1v) is 5.13. The monoisotopic (exact) mass is 249 g/mol. The van der Waals surface area contributed by atoms with E-state index in [-0.39, 0.29) is 0 Å². The van der Waals surface area contributed by atoms with Gasteiger partial charge in [-0.05, 0) is 12.1 Å². The van der Waals surface area contributed by atoms with Gasteiger partial charge in [0.25, 0.3) is 0 Å². The van der Waals surface area contributed by atoms with Gasteiger partial charge in [-0.15, -0.1) is 0 Å². The van der Waals surface area contributed by atoms with Crippen molar-refractivity contribution in [1.29, 1.82) is 5.26 Å². The van der Waals surface area contributed by atoms with Crippen LogP contribution in [0.1, 0.15) is 5.69 Å². The van der Waals surface area contributed by atoms with Crippen LogP contribution in [0, 0.1) is 11.3 Å². The quantitative estimate of drug-likeness (QED) is 0.779. The molecule has 0 aliphatic carbocycles. The van der Waals surface area contributed by atoms with Gasteiger partial charge >= 0.3 is 0 Å². The van der Waals surface area contributed by atoms with Gasteiger partial charge in [-0.25, -0.2) is 9.97 Å². The molecule has 1 aromatic heterocycles. The fourth-order valence-corrected chi connectivity index (χ4v) is 1.83. The Hall–Kier alpha value is -1.63. The van der Waals surface area contributed by atoms with Crippen molar-refractivity contribution in [3.05, 3.63) is 46.5 Å². The van der Waals surface area contributed by atoms with E-state index in [0.29, 0.717) is 26.9 Å². The number of hydrogen-bond donors (Lipinski definition) is 0. The standard InChI is InChI=1S/C11H5Cl2N3/c12-7-1-2-8(10(13)3-7)9-5-15-6-16-11(9)4-14/h1-3,5-6H. The van der Waals surface area contributed by atoms with Crippen LogP contribution in [0.4, 0.5) is 0 Å². The molecule has 0 spiro atoms. The predicted molar refractivity (Wildman–Crippen MR) is 62.2 cm³/mol. The molecule has 0 fully saturated rings. The number of aromatic nitrogens is 2. The predicted octanol–water partition coefficient (Wildman–Crippen LogP) is 3.32. The van der Waals surface area contributed by atoms with E-state index >= 15 is 0 Å². The van der Waals surface area contributed by atoms with Crippen molar-refractivity contribution in [2.75, 3.05) is 0 Å². The minimum absolute atomic E-state index is 0.291. The Morgan fingerprint density at radius 1 is 1.19 bits per heavy atom. The van der Waals surface area contributed by atoms with Crippen LogP contribution >= 0.6 is 23.2 Å². The molecule has 5 heteroatoms. The molecule has 0 unspecified atom stereocenters. The van der Waals surface area contributed by atoms with E-state index in [1.165, 1.54) is 6.33 Å². The summed E-state index contributed by atoms with van der Waals surface area (Å²) in [7, 11) is 0. The molecule has 0 aliphatic heterocycles. The van der Waals surface area contributed by atoms with Gasteiger partial charge < -0.3 is 0 Å². The summed E-state index contributed by atoms with van der Waals surface area (Å²) >= 11 is 11.8. The second-order valence-electron chi connectivity index (χ2n) is 3.02. The second-order valence-corrected chi connectivity index (χ2v) is 3.86. The van der Waals surface area contributed by atoms with E-state index in [0.717, 1.165) is 0 Å². The summed E-state index contributed by atoms with van der Waals surface area (Å²) < 4.78 is 0. The third kappa shape index (κ3) is 1.99. The average Bonchev–Trinajstić information content (AvgIpc) is 2.29. The number of rotatable bonds is 1. The Bertz CT molecular complexity index is 576. The van der Waals surface area contributed by atoms with Crippen LogP contribution in [0.3, 0.4) is 0 Å². The lowest BCUT2D eigenvalue weighted by Crippen LogP contribution is -1.90. The molecule has 1 aromatic carbocycles. The normalized spacial score (nSPS) is 9.81. The van der Waals surface area contributed by atoms with Gasteiger partial charge in [-0.1, -0.05) is 29.3 Å². The lowest BCUT2D eigenvalue weighted by molar-refractivity contribution is 1.14. The van der Waals surface area contributed by atoms with E-state index in [1.54, 1.807) is 24.4 Å². The van der Waals surface area contributed by atoms with Crippen LogP contribution in [0.2, 0.25) is 10.0 Å². The topological polar surface area (TPSA) is 49.6 Å². The summed E-state index contributed by atoms with van der Waals surface area (Å²) in [6.07, 6.45) is 2.88. The van der Waals surface area contributed by atoms with Gasteiger partial charge in [-0.2, -0.15) is 5.26 Å². The minimum Gasteiger partial charge on any atom is -0.244 e. The number of nitrogens with zero attached hydrogens (tertiary/aromatic N) is 3. The van der Waals surface area contributed by atoms with Crippen molar-refractivity contribution in [1.82, 2.24) is 9.97 Å². The molecule has 1 heterocycles. The molecule has 0 amide bonds. The highest BCUT2D eigenvalue weighted by Crippen LogP contribution is 2.30. The Labute approximate surface area is 102 Å². The zero-order valence-corrected chi connectivity index (χ0v) is 9.50. The molecule has 0 radical (unpaired) electrons. The first-order valence-electron chi connectivity index (χ1n) is 4.38. The van der Waals surface area contributed by atoms with Crippen LogP contribution in [-0.4, -0.2) is 9.97 Å². The molecular weight excluding hydrogens is 245 g/mol. The summed E-state index contributed by atoms with van der Waals surface area (Å²) in [5.74, 6) is 0. The second kappa shape index (κ2) is 4.48. The molecule has 0 atom stereocenters. The van der Waals surface area contributed by atoms with Gasteiger partial charge in [0.05, 0.1) is 5.02 Å². The van der Waals surface area contributed by atoms with Crippen LogP contribution in [0.25, 0.3) is 11.1 Å². The molecule has 0 N–H and O–H groups in total. The van der Waals surface area contributed by atoms with E-state index in [4.69, 9.17) is 28.5 Å². The van der Waals surface area contributed by atoms with Crippen molar-refractivity contribution in [3.8, 4) is 17.2 Å². The highest BCUT2D eigenvalue weighted by Gasteiger charge is 2.09. The molecule has 2 rings (SSSR count). The van der Waals surface area contributed by atoms with Crippen molar-refractivity contribution in [3.63, 3.8) is 0 Å². The smallest absolute Gasteiger partial charge is 0.151 e. The van der Waals surface area contributed by atoms with E-state index < -0.39 is 0 Å². The van der Waals surface area contributed by atoms with Crippen molar-refractivity contribution >= 4 is 23.2 Å². The number of benzene rings is 1. The van der Waals surface area contributed by atoms with Gasteiger partial charge in [0.15, 0.2) is 5.69 Å². The Morgan fingerprint density at radius 3 is 2.69 bits per heavy atom. The van der Waals surface area contributed by atoms with Crippen molar-refractivity contribution in [2.45, 2.75) is 0 Å². The van der Waals surface area contributed by atoms with Crippen LogP contribution in [0.15, 0.2) is 30.7 Å². The molecule has 0 bridgehead atoms. The molecular formula is C11H5Cl2N3. The lowest BCUT2D eigenvalue weighted by atomic mass is 10.1. The molecule has 2 aromatic rings. The largest absolute Gasteiger partial charge is 0.244 e. The summed E-state index contributed by atoms with van der Waals surface area (Å²) in [6.45, 7) is 0. The van der Waals surface area contributed by atoms with Crippen LogP contribution in [0.5, 0.6) is 0 Å². The molecule has 0 saturated carbocycles. The van der Waals surface area contributed by atoms with Gasteiger partial charge in [0.2, 0.25) is 0 Å². The Kier molecular flexibility index (Phi) is 3.04. The molecule has 0 saturated heterocycles. The maximum atomic E-state index is 8.92.